The van der Waals surface area contributed by atoms with Crippen LogP contribution in [0, 0.1) is 0 Å². The molecule has 0 bridgehead atoms. The van der Waals surface area contributed by atoms with E-state index >= 15 is 0 Å². The van der Waals surface area contributed by atoms with Gasteiger partial charge in [-0.05, 0) is 31.7 Å². The van der Waals surface area contributed by atoms with Gasteiger partial charge < -0.3 is 0 Å². The van der Waals surface area contributed by atoms with Crippen LogP contribution in [-0.2, 0) is 11.2 Å². The number of likely N-dealkylation sites (tertiary alicyclic amines) is 1. The van der Waals surface area contributed by atoms with E-state index in [-0.39, 0.29) is 0 Å². The molecule has 1 aromatic rings. The molecule has 1 aromatic heterocycles. The summed E-state index contributed by atoms with van der Waals surface area (Å²) >= 11 is 1.82. The van der Waals surface area contributed by atoms with Crippen molar-refractivity contribution >= 4 is 17.1 Å². The lowest BCUT2D eigenvalue weighted by Crippen LogP contribution is -2.46. The fourth-order valence-corrected chi connectivity index (χ4v) is 3.34. The minimum atomic E-state index is 0.413. The van der Waals surface area contributed by atoms with Crippen molar-refractivity contribution in [2.45, 2.75) is 45.2 Å². The van der Waals surface area contributed by atoms with Gasteiger partial charge >= 0.3 is 0 Å². The number of ketones is 1. The molecule has 2 unspecified atom stereocenters. The van der Waals surface area contributed by atoms with Crippen LogP contribution < -0.4 is 0 Å². The Labute approximate surface area is 101 Å². The summed E-state index contributed by atoms with van der Waals surface area (Å²) in [5.74, 6) is 0.423. The van der Waals surface area contributed by atoms with Crippen LogP contribution in [0.3, 0.4) is 0 Å². The summed E-state index contributed by atoms with van der Waals surface area (Å²) in [4.78, 5) is 15.2. The van der Waals surface area contributed by atoms with E-state index in [2.05, 4.69) is 36.3 Å². The number of hydrogen-bond donors (Lipinski definition) is 0. The summed E-state index contributed by atoms with van der Waals surface area (Å²) < 4.78 is 0. The molecule has 0 spiro atoms. The molecule has 0 amide bonds. The van der Waals surface area contributed by atoms with Gasteiger partial charge in [0, 0.05) is 36.3 Å². The van der Waals surface area contributed by atoms with Crippen molar-refractivity contribution in [2.75, 3.05) is 6.54 Å². The first kappa shape index (κ1) is 11.8. The van der Waals surface area contributed by atoms with E-state index in [1.54, 1.807) is 0 Å². The SMILES string of the molecule is CC1CC(=O)CCN1C(C)Cc1cccs1. The summed E-state index contributed by atoms with van der Waals surface area (Å²) in [6.45, 7) is 5.38. The lowest BCUT2D eigenvalue weighted by Gasteiger charge is -2.37. The van der Waals surface area contributed by atoms with E-state index in [0.717, 1.165) is 25.8 Å². The van der Waals surface area contributed by atoms with Gasteiger partial charge in [-0.15, -0.1) is 11.3 Å². The van der Waals surface area contributed by atoms with Crippen LogP contribution in [0.4, 0.5) is 0 Å². The zero-order valence-electron chi connectivity index (χ0n) is 9.98. The number of rotatable bonds is 3. The molecule has 0 N–H and O–H groups in total. The zero-order chi connectivity index (χ0) is 11.5. The topological polar surface area (TPSA) is 20.3 Å². The minimum absolute atomic E-state index is 0.413. The first-order chi connectivity index (χ1) is 7.66. The van der Waals surface area contributed by atoms with Crippen LogP contribution in [0.1, 0.15) is 31.6 Å². The fourth-order valence-electron chi connectivity index (χ4n) is 2.51. The number of carbonyl (C=O) groups excluding carboxylic acids is 1. The van der Waals surface area contributed by atoms with Crippen molar-refractivity contribution < 1.29 is 4.79 Å². The van der Waals surface area contributed by atoms with Crippen LogP contribution in [0.5, 0.6) is 0 Å². The second kappa shape index (κ2) is 5.11. The summed E-state index contributed by atoms with van der Waals surface area (Å²) in [7, 11) is 0. The molecule has 2 nitrogen and oxygen atoms in total. The smallest absolute Gasteiger partial charge is 0.135 e. The molecule has 2 rings (SSSR count). The van der Waals surface area contributed by atoms with E-state index in [0.29, 0.717) is 17.9 Å². The predicted octanol–water partition coefficient (Wildman–Crippen LogP) is 2.73. The van der Waals surface area contributed by atoms with Crippen LogP contribution in [-0.4, -0.2) is 29.3 Å². The maximum atomic E-state index is 11.3. The summed E-state index contributed by atoms with van der Waals surface area (Å²) in [5, 5.41) is 2.13. The van der Waals surface area contributed by atoms with E-state index < -0.39 is 0 Å². The van der Waals surface area contributed by atoms with Gasteiger partial charge in [0.15, 0.2) is 0 Å². The molecular formula is C13H19NOS. The second-order valence-corrected chi connectivity index (χ2v) is 5.74. The molecule has 16 heavy (non-hydrogen) atoms. The molecule has 1 saturated heterocycles. The average Bonchev–Trinajstić information content (AvgIpc) is 2.70. The Kier molecular flexibility index (Phi) is 3.77. The van der Waals surface area contributed by atoms with Crippen molar-refractivity contribution in [3.05, 3.63) is 22.4 Å². The fraction of sp³-hybridized carbons (Fsp3) is 0.615. The monoisotopic (exact) mass is 237 g/mol. The Balaban J connectivity index is 1.94. The lowest BCUT2D eigenvalue weighted by atomic mass is 9.99. The van der Waals surface area contributed by atoms with E-state index in [1.807, 2.05) is 11.3 Å². The van der Waals surface area contributed by atoms with Gasteiger partial charge in [0.05, 0.1) is 0 Å². The standard InChI is InChI=1S/C13H19NOS/c1-10-8-12(15)5-6-14(10)11(2)9-13-4-3-7-16-13/h3-4,7,10-11H,5-6,8-9H2,1-2H3. The molecule has 0 saturated carbocycles. The van der Waals surface area contributed by atoms with Crippen LogP contribution in [0.2, 0.25) is 0 Å². The largest absolute Gasteiger partial charge is 0.300 e. The van der Waals surface area contributed by atoms with Gasteiger partial charge in [-0.2, -0.15) is 0 Å². The molecular weight excluding hydrogens is 218 g/mol. The molecule has 0 aliphatic carbocycles. The van der Waals surface area contributed by atoms with Crippen molar-refractivity contribution in [1.29, 1.82) is 0 Å². The molecule has 2 heterocycles. The van der Waals surface area contributed by atoms with Crippen molar-refractivity contribution in [2.24, 2.45) is 0 Å². The maximum Gasteiger partial charge on any atom is 0.135 e. The van der Waals surface area contributed by atoms with Gasteiger partial charge in [-0.25, -0.2) is 0 Å². The van der Waals surface area contributed by atoms with Crippen molar-refractivity contribution in [1.82, 2.24) is 4.90 Å². The molecule has 2 atom stereocenters. The molecule has 0 radical (unpaired) electrons. The maximum absolute atomic E-state index is 11.3. The van der Waals surface area contributed by atoms with E-state index in [1.165, 1.54) is 4.88 Å². The molecule has 1 fully saturated rings. The van der Waals surface area contributed by atoms with Crippen LogP contribution in [0.25, 0.3) is 0 Å². The first-order valence-electron chi connectivity index (χ1n) is 5.96. The van der Waals surface area contributed by atoms with Crippen molar-refractivity contribution in [3.8, 4) is 0 Å². The Morgan fingerprint density at radius 3 is 3.06 bits per heavy atom. The van der Waals surface area contributed by atoms with Gasteiger partial charge in [-0.1, -0.05) is 6.07 Å². The first-order valence-corrected chi connectivity index (χ1v) is 6.84. The average molecular weight is 237 g/mol. The highest BCUT2D eigenvalue weighted by Crippen LogP contribution is 2.20. The van der Waals surface area contributed by atoms with Gasteiger partial charge in [0.1, 0.15) is 5.78 Å². The molecule has 0 aromatic carbocycles. The Morgan fingerprint density at radius 2 is 2.44 bits per heavy atom. The number of hydrogen-bond acceptors (Lipinski definition) is 3. The highest BCUT2D eigenvalue weighted by molar-refractivity contribution is 7.09. The van der Waals surface area contributed by atoms with Crippen LogP contribution >= 0.6 is 11.3 Å². The summed E-state index contributed by atoms with van der Waals surface area (Å²) in [5.41, 5.74) is 0. The number of piperidine rings is 1. The third-order valence-corrected chi connectivity index (χ3v) is 4.28. The highest BCUT2D eigenvalue weighted by Gasteiger charge is 2.27. The van der Waals surface area contributed by atoms with Gasteiger partial charge in [-0.3, -0.25) is 9.69 Å². The number of carbonyl (C=O) groups is 1. The molecule has 1 aliphatic heterocycles. The van der Waals surface area contributed by atoms with E-state index in [9.17, 15) is 4.79 Å². The summed E-state index contributed by atoms with van der Waals surface area (Å²) in [6, 6.07) is 5.26. The molecule has 88 valence electrons. The number of Topliss-reactive ketones (excluding diaryl/α,β-unsaturated/α-hetero) is 1. The van der Waals surface area contributed by atoms with Crippen molar-refractivity contribution in [3.63, 3.8) is 0 Å². The number of thiophene rings is 1. The Bertz CT molecular complexity index is 347. The normalized spacial score (nSPS) is 24.6. The van der Waals surface area contributed by atoms with Gasteiger partial charge in [0.25, 0.3) is 0 Å². The highest BCUT2D eigenvalue weighted by atomic mass is 32.1. The van der Waals surface area contributed by atoms with E-state index in [4.69, 9.17) is 0 Å². The number of nitrogens with zero attached hydrogens (tertiary/aromatic N) is 1. The molecule has 1 aliphatic rings. The molecule has 3 heteroatoms. The minimum Gasteiger partial charge on any atom is -0.300 e. The van der Waals surface area contributed by atoms with Crippen LogP contribution in [0.15, 0.2) is 17.5 Å². The predicted molar refractivity (Wildman–Crippen MR) is 67.9 cm³/mol. The van der Waals surface area contributed by atoms with Gasteiger partial charge in [0.2, 0.25) is 0 Å². The lowest BCUT2D eigenvalue weighted by molar-refractivity contribution is -0.123. The third kappa shape index (κ3) is 2.71. The summed E-state index contributed by atoms with van der Waals surface area (Å²) in [6.07, 6.45) is 2.57. The quantitative estimate of drug-likeness (QED) is 0.805. The second-order valence-electron chi connectivity index (χ2n) is 4.71. The Morgan fingerprint density at radius 1 is 1.62 bits per heavy atom. The Hall–Kier alpha value is -0.670. The third-order valence-electron chi connectivity index (χ3n) is 3.38. The zero-order valence-corrected chi connectivity index (χ0v) is 10.8.